The van der Waals surface area contributed by atoms with E-state index in [2.05, 4.69) is 18.7 Å². The van der Waals surface area contributed by atoms with E-state index >= 15 is 0 Å². The minimum absolute atomic E-state index is 0.225. The fraction of sp³-hybridized carbons (Fsp3) is 0.955. The van der Waals surface area contributed by atoms with Crippen molar-refractivity contribution in [3.05, 3.63) is 0 Å². The second kappa shape index (κ2) is 19.7. The van der Waals surface area contributed by atoms with Crippen LogP contribution in [0.5, 0.6) is 0 Å². The van der Waals surface area contributed by atoms with Gasteiger partial charge in [-0.1, -0.05) is 78.1 Å². The second-order valence-corrected chi connectivity index (χ2v) is 10.6. The first kappa shape index (κ1) is 32.4. The molecule has 5 N–H and O–H groups in total. The number of rotatable bonds is 22. The average molecular weight is 501 g/mol. The highest BCUT2D eigenvalue weighted by Gasteiger charge is 2.37. The van der Waals surface area contributed by atoms with E-state index in [0.717, 1.165) is 25.2 Å². The van der Waals surface area contributed by atoms with Crippen LogP contribution in [0.15, 0.2) is 0 Å². The molecule has 0 aliphatic rings. The van der Waals surface area contributed by atoms with Crippen LogP contribution in [0, 0.1) is 5.92 Å². The van der Waals surface area contributed by atoms with Crippen molar-refractivity contribution in [3.8, 4) is 0 Å². The van der Waals surface area contributed by atoms with Crippen LogP contribution in [0.25, 0.3) is 0 Å². The molecular formula is C22H45O10P. The maximum atomic E-state index is 11.8. The Balaban J connectivity index is 3.81. The quantitative estimate of drug-likeness (QED) is 0.0488. The van der Waals surface area contributed by atoms with E-state index in [1.54, 1.807) is 0 Å². The number of carbonyl (C=O) groups is 1. The van der Waals surface area contributed by atoms with Gasteiger partial charge in [-0.3, -0.25) is 14.6 Å². The summed E-state index contributed by atoms with van der Waals surface area (Å²) < 4.78 is 21.2. The van der Waals surface area contributed by atoms with Gasteiger partial charge in [0.25, 0.3) is 0 Å². The summed E-state index contributed by atoms with van der Waals surface area (Å²) in [6.07, 6.45) is 10.1. The fourth-order valence-electron chi connectivity index (χ4n) is 3.33. The van der Waals surface area contributed by atoms with Crippen LogP contribution in [0.1, 0.15) is 90.9 Å². The molecule has 0 aliphatic carbocycles. The number of hydrogen-bond donors (Lipinski definition) is 5. The second-order valence-electron chi connectivity index (χ2n) is 8.94. The lowest BCUT2D eigenvalue weighted by Crippen LogP contribution is -2.36. The monoisotopic (exact) mass is 500 g/mol. The van der Waals surface area contributed by atoms with Crippen molar-refractivity contribution in [2.24, 2.45) is 5.92 Å². The van der Waals surface area contributed by atoms with E-state index in [4.69, 9.17) is 29.6 Å². The molecule has 10 nitrogen and oxygen atoms in total. The number of hydrogen-bond acceptors (Lipinski definition) is 8. The van der Waals surface area contributed by atoms with Crippen LogP contribution < -0.4 is 0 Å². The Kier molecular flexibility index (Phi) is 19.4. The van der Waals surface area contributed by atoms with Crippen LogP contribution in [-0.4, -0.2) is 69.1 Å². The van der Waals surface area contributed by atoms with Crippen LogP contribution in [0.4, 0.5) is 0 Å². The molecule has 0 heterocycles. The van der Waals surface area contributed by atoms with E-state index in [-0.39, 0.29) is 13.0 Å². The molecule has 198 valence electrons. The maximum Gasteiger partial charge on any atom is 0.356 e. The van der Waals surface area contributed by atoms with E-state index in [0.29, 0.717) is 6.42 Å². The lowest BCUT2D eigenvalue weighted by molar-refractivity contribution is -0.296. The lowest BCUT2D eigenvalue weighted by atomic mass is 10.0. The van der Waals surface area contributed by atoms with Gasteiger partial charge in [-0.15, -0.1) is 0 Å². The van der Waals surface area contributed by atoms with Gasteiger partial charge in [-0.25, -0.2) is 4.89 Å². The zero-order chi connectivity index (χ0) is 25.1. The zero-order valence-electron chi connectivity index (χ0n) is 20.1. The van der Waals surface area contributed by atoms with Crippen LogP contribution in [-0.2, 0) is 23.7 Å². The Morgan fingerprint density at radius 2 is 1.39 bits per heavy atom. The highest BCUT2D eigenvalue weighted by molar-refractivity contribution is 7.52. The normalized spacial score (nSPS) is 14.9. The summed E-state index contributed by atoms with van der Waals surface area (Å²) in [4.78, 5) is 34.2. The molecule has 0 amide bonds. The Labute approximate surface area is 197 Å². The summed E-state index contributed by atoms with van der Waals surface area (Å²) >= 11 is 0. The lowest BCUT2D eigenvalue weighted by Gasteiger charge is -2.24. The van der Waals surface area contributed by atoms with Gasteiger partial charge in [0.05, 0.1) is 13.2 Å². The highest BCUT2D eigenvalue weighted by Crippen LogP contribution is 2.43. The standard InChI is InChI=1S/C22H45O10P/c1-18(2)13-11-9-7-5-3-4-6-8-10-12-14-21(25)30-16-19(32-26)17-31-22(20(24)15-23)33(27,28)29/h18-20,22-24,26H,3-17H2,1-2H3,(H2,27,28,29)/t19-,20?,22?/m1/s1. The predicted molar refractivity (Wildman–Crippen MR) is 124 cm³/mol. The molecule has 0 aromatic rings. The van der Waals surface area contributed by atoms with E-state index in [1.807, 2.05) is 0 Å². The summed E-state index contributed by atoms with van der Waals surface area (Å²) in [6, 6.07) is 0. The minimum Gasteiger partial charge on any atom is -0.463 e. The third kappa shape index (κ3) is 18.4. The van der Waals surface area contributed by atoms with Crippen LogP contribution in [0.2, 0.25) is 0 Å². The third-order valence-corrected chi connectivity index (χ3v) is 6.45. The Morgan fingerprint density at radius 3 is 1.85 bits per heavy atom. The summed E-state index contributed by atoms with van der Waals surface area (Å²) in [5, 5.41) is 27.2. The van der Waals surface area contributed by atoms with Gasteiger partial charge in [0, 0.05) is 6.42 Å². The van der Waals surface area contributed by atoms with Gasteiger partial charge in [-0.05, 0) is 12.3 Å². The molecule has 0 radical (unpaired) electrons. The van der Waals surface area contributed by atoms with Gasteiger partial charge >= 0.3 is 13.6 Å². The van der Waals surface area contributed by atoms with Gasteiger partial charge in [0.2, 0.25) is 0 Å². The molecule has 0 saturated carbocycles. The molecule has 33 heavy (non-hydrogen) atoms. The van der Waals surface area contributed by atoms with E-state index in [9.17, 15) is 14.5 Å². The van der Waals surface area contributed by atoms with Gasteiger partial charge in [0.1, 0.15) is 18.8 Å². The van der Waals surface area contributed by atoms with Crippen molar-refractivity contribution >= 4 is 13.6 Å². The average Bonchev–Trinajstić information content (AvgIpc) is 2.75. The minimum atomic E-state index is -4.87. The number of unbranched alkanes of at least 4 members (excludes halogenated alkanes) is 9. The van der Waals surface area contributed by atoms with Crippen molar-refractivity contribution in [1.29, 1.82) is 0 Å². The first-order valence-electron chi connectivity index (χ1n) is 12.0. The Bertz CT molecular complexity index is 525. The van der Waals surface area contributed by atoms with Crippen molar-refractivity contribution in [2.45, 2.75) is 109 Å². The molecule has 0 aromatic heterocycles. The van der Waals surface area contributed by atoms with Crippen LogP contribution in [0.3, 0.4) is 0 Å². The molecule has 0 aliphatic heterocycles. The summed E-state index contributed by atoms with van der Waals surface area (Å²) in [5.41, 5.74) is 0. The molecule has 11 heteroatoms. The molecule has 0 rings (SSSR count). The molecule has 3 atom stereocenters. The summed E-state index contributed by atoms with van der Waals surface area (Å²) in [6.45, 7) is 2.66. The number of aliphatic hydroxyl groups is 2. The fourth-order valence-corrected chi connectivity index (χ4v) is 4.15. The number of ether oxygens (including phenoxy) is 2. The zero-order valence-corrected chi connectivity index (χ0v) is 21.0. The van der Waals surface area contributed by atoms with Gasteiger partial charge in [-0.2, -0.15) is 0 Å². The Morgan fingerprint density at radius 1 is 0.879 bits per heavy atom. The molecule has 2 unspecified atom stereocenters. The highest BCUT2D eigenvalue weighted by atomic mass is 31.2. The maximum absolute atomic E-state index is 11.8. The largest absolute Gasteiger partial charge is 0.463 e. The Hall–Kier alpha value is -0.580. The third-order valence-electron chi connectivity index (χ3n) is 5.29. The van der Waals surface area contributed by atoms with E-state index < -0.39 is 44.8 Å². The van der Waals surface area contributed by atoms with Crippen LogP contribution >= 0.6 is 7.60 Å². The van der Waals surface area contributed by atoms with Crippen molar-refractivity contribution in [1.82, 2.24) is 0 Å². The smallest absolute Gasteiger partial charge is 0.356 e. The van der Waals surface area contributed by atoms with Gasteiger partial charge in [0.15, 0.2) is 5.85 Å². The van der Waals surface area contributed by atoms with Gasteiger partial charge < -0.3 is 29.5 Å². The number of esters is 1. The van der Waals surface area contributed by atoms with Crippen molar-refractivity contribution in [2.75, 3.05) is 19.8 Å². The first-order chi connectivity index (χ1) is 15.6. The summed E-state index contributed by atoms with van der Waals surface area (Å²) in [7, 11) is -4.87. The van der Waals surface area contributed by atoms with E-state index in [1.165, 1.54) is 44.9 Å². The first-order valence-corrected chi connectivity index (χ1v) is 13.7. The molecule has 0 bridgehead atoms. The molecule has 0 spiro atoms. The predicted octanol–water partition coefficient (Wildman–Crippen LogP) is 3.60. The topological polar surface area (TPSA) is 163 Å². The summed E-state index contributed by atoms with van der Waals surface area (Å²) in [5.74, 6) is -1.66. The molecular weight excluding hydrogens is 455 g/mol. The number of carbonyl (C=O) groups excluding carboxylic acids is 1. The SMILES string of the molecule is CC(C)CCCCCCCCCCCCC(=O)OC[C@H](COC(C(O)CO)P(=O)(O)O)OO. The van der Waals surface area contributed by atoms with Crippen molar-refractivity contribution in [3.63, 3.8) is 0 Å². The molecule has 0 saturated heterocycles. The van der Waals surface area contributed by atoms with Crippen molar-refractivity contribution < 1.29 is 49.0 Å². The molecule has 0 aromatic carbocycles. The molecule has 0 fully saturated rings. The number of aliphatic hydroxyl groups excluding tert-OH is 2.